The van der Waals surface area contributed by atoms with Gasteiger partial charge >= 0.3 is 0 Å². The molecule has 4 N–H and O–H groups in total. The van der Waals surface area contributed by atoms with Crippen LogP contribution in [0.5, 0.6) is 0 Å². The topological polar surface area (TPSA) is 92.5 Å². The summed E-state index contributed by atoms with van der Waals surface area (Å²) < 4.78 is 0. The Morgan fingerprint density at radius 2 is 2.29 bits per heavy atom. The Bertz CT molecular complexity index is 396. The Kier molecular flexibility index (Phi) is 2.37. The molecule has 6 nitrogen and oxygen atoms in total. The number of anilines is 2. The maximum Gasteiger partial charge on any atom is 0.158 e. The average molecular weight is 190 g/mol. The van der Waals surface area contributed by atoms with E-state index in [1.165, 1.54) is 0 Å². The first-order chi connectivity index (χ1) is 6.90. The highest BCUT2D eigenvalue weighted by molar-refractivity contribution is 5.54. The minimum absolute atomic E-state index is 0.423. The molecule has 0 saturated carbocycles. The van der Waals surface area contributed by atoms with Crippen LogP contribution in [-0.4, -0.2) is 20.4 Å². The number of hydrogen-bond acceptors (Lipinski definition) is 5. The Morgan fingerprint density at radius 1 is 1.36 bits per heavy atom. The first-order valence-electron chi connectivity index (χ1n) is 4.17. The number of aromatic nitrogens is 4. The molecule has 0 unspecified atom stereocenters. The zero-order valence-electron chi connectivity index (χ0n) is 7.44. The number of hydrogen-bond donors (Lipinski definition) is 3. The zero-order valence-corrected chi connectivity index (χ0v) is 7.44. The molecular weight excluding hydrogens is 180 g/mol. The molecule has 0 saturated heterocycles. The third-order valence-corrected chi connectivity index (χ3v) is 1.78. The monoisotopic (exact) mass is 190 g/mol. The molecular formula is C8H10N6. The summed E-state index contributed by atoms with van der Waals surface area (Å²) in [6.45, 7) is 0.423. The predicted octanol–water partition coefficient (Wildman–Crippen LogP) is 0.402. The van der Waals surface area contributed by atoms with Crippen molar-refractivity contribution in [3.63, 3.8) is 0 Å². The highest BCUT2D eigenvalue weighted by Crippen LogP contribution is 2.14. The highest BCUT2D eigenvalue weighted by atomic mass is 15.2. The summed E-state index contributed by atoms with van der Waals surface area (Å²) in [5.41, 5.74) is 6.46. The van der Waals surface area contributed by atoms with E-state index in [0.29, 0.717) is 12.4 Å². The van der Waals surface area contributed by atoms with Crippen LogP contribution < -0.4 is 11.1 Å². The van der Waals surface area contributed by atoms with Gasteiger partial charge in [-0.15, -0.1) is 5.10 Å². The average Bonchev–Trinajstić information content (AvgIpc) is 2.71. The summed E-state index contributed by atoms with van der Waals surface area (Å²) in [6, 6.07) is 3.63. The van der Waals surface area contributed by atoms with Crippen molar-refractivity contribution in [2.45, 2.75) is 6.54 Å². The van der Waals surface area contributed by atoms with Crippen molar-refractivity contribution < 1.29 is 0 Å². The van der Waals surface area contributed by atoms with Crippen LogP contribution in [0.4, 0.5) is 11.6 Å². The van der Waals surface area contributed by atoms with Gasteiger partial charge in [-0.3, -0.25) is 5.10 Å². The fraction of sp³-hybridized carbons (Fsp3) is 0.125. The van der Waals surface area contributed by atoms with Gasteiger partial charge in [0.15, 0.2) is 5.82 Å². The van der Waals surface area contributed by atoms with Gasteiger partial charge in [-0.25, -0.2) is 0 Å². The molecule has 0 aromatic carbocycles. The van der Waals surface area contributed by atoms with Gasteiger partial charge in [0.25, 0.3) is 0 Å². The minimum Gasteiger partial charge on any atom is -0.326 e. The van der Waals surface area contributed by atoms with E-state index in [1.807, 2.05) is 6.07 Å². The summed E-state index contributed by atoms with van der Waals surface area (Å²) in [5, 5.41) is 17.3. The molecule has 0 amide bonds. The normalized spacial score (nSPS) is 10.1. The molecule has 0 aliphatic rings. The second kappa shape index (κ2) is 3.84. The molecule has 0 fully saturated rings. The summed E-state index contributed by atoms with van der Waals surface area (Å²) in [4.78, 5) is 0. The lowest BCUT2D eigenvalue weighted by molar-refractivity contribution is 0.968. The van der Waals surface area contributed by atoms with Gasteiger partial charge in [0, 0.05) is 18.2 Å². The van der Waals surface area contributed by atoms with Crippen LogP contribution in [0.3, 0.4) is 0 Å². The molecule has 0 spiro atoms. The lowest BCUT2D eigenvalue weighted by atomic mass is 10.3. The SMILES string of the molecule is NCc1ccnnc1Nc1ccn[nH]1. The number of aromatic amines is 1. The largest absolute Gasteiger partial charge is 0.326 e. The van der Waals surface area contributed by atoms with Gasteiger partial charge < -0.3 is 11.1 Å². The van der Waals surface area contributed by atoms with Gasteiger partial charge in [-0.2, -0.15) is 10.2 Å². The predicted molar refractivity (Wildman–Crippen MR) is 51.8 cm³/mol. The van der Waals surface area contributed by atoms with E-state index in [4.69, 9.17) is 5.73 Å². The van der Waals surface area contributed by atoms with Crippen molar-refractivity contribution in [3.8, 4) is 0 Å². The molecule has 2 aromatic rings. The van der Waals surface area contributed by atoms with E-state index in [2.05, 4.69) is 25.7 Å². The quantitative estimate of drug-likeness (QED) is 0.651. The molecule has 72 valence electrons. The molecule has 2 aromatic heterocycles. The van der Waals surface area contributed by atoms with Gasteiger partial charge in [-0.05, 0) is 6.07 Å². The maximum atomic E-state index is 5.55. The lowest BCUT2D eigenvalue weighted by Gasteiger charge is -2.05. The van der Waals surface area contributed by atoms with Crippen LogP contribution in [0.1, 0.15) is 5.56 Å². The summed E-state index contributed by atoms with van der Waals surface area (Å²) in [5.74, 6) is 1.42. The van der Waals surface area contributed by atoms with E-state index < -0.39 is 0 Å². The van der Waals surface area contributed by atoms with Gasteiger partial charge in [0.1, 0.15) is 5.82 Å². The second-order valence-corrected chi connectivity index (χ2v) is 2.70. The molecule has 6 heteroatoms. The number of nitrogens with two attached hydrogens (primary N) is 1. The van der Waals surface area contributed by atoms with E-state index in [0.717, 1.165) is 11.4 Å². The molecule has 2 rings (SSSR count). The molecule has 0 radical (unpaired) electrons. The van der Waals surface area contributed by atoms with E-state index in [1.54, 1.807) is 18.5 Å². The molecule has 0 atom stereocenters. The van der Waals surface area contributed by atoms with Gasteiger partial charge in [0.2, 0.25) is 0 Å². The van der Waals surface area contributed by atoms with Crippen molar-refractivity contribution in [1.29, 1.82) is 0 Å². The van der Waals surface area contributed by atoms with Crippen LogP contribution >= 0.6 is 0 Å². The van der Waals surface area contributed by atoms with Gasteiger partial charge in [-0.1, -0.05) is 0 Å². The Balaban J connectivity index is 2.24. The molecule has 14 heavy (non-hydrogen) atoms. The van der Waals surface area contributed by atoms with Crippen LogP contribution in [-0.2, 0) is 6.54 Å². The standard InChI is InChI=1S/C8H10N6/c9-5-6-1-3-11-14-8(6)12-7-2-4-10-13-7/h1-4H,5,9H2,(H2,10,12,13,14). The smallest absolute Gasteiger partial charge is 0.158 e. The van der Waals surface area contributed by atoms with Crippen molar-refractivity contribution >= 4 is 11.6 Å². The third-order valence-electron chi connectivity index (χ3n) is 1.78. The Morgan fingerprint density at radius 3 is 3.00 bits per heavy atom. The number of H-pyrrole nitrogens is 1. The van der Waals surface area contributed by atoms with E-state index in [-0.39, 0.29) is 0 Å². The summed E-state index contributed by atoms with van der Waals surface area (Å²) >= 11 is 0. The van der Waals surface area contributed by atoms with Crippen LogP contribution in [0.15, 0.2) is 24.5 Å². The van der Waals surface area contributed by atoms with E-state index in [9.17, 15) is 0 Å². The first-order valence-corrected chi connectivity index (χ1v) is 4.17. The van der Waals surface area contributed by atoms with Gasteiger partial charge in [0.05, 0.1) is 12.4 Å². The lowest BCUT2D eigenvalue weighted by Crippen LogP contribution is -2.04. The number of rotatable bonds is 3. The summed E-state index contributed by atoms with van der Waals surface area (Å²) in [7, 11) is 0. The number of nitrogens with one attached hydrogen (secondary N) is 2. The van der Waals surface area contributed by atoms with Crippen molar-refractivity contribution in [2.24, 2.45) is 5.73 Å². The molecule has 0 aliphatic carbocycles. The third kappa shape index (κ3) is 1.69. The molecule has 0 bridgehead atoms. The Hall–Kier alpha value is -1.95. The van der Waals surface area contributed by atoms with E-state index >= 15 is 0 Å². The van der Waals surface area contributed by atoms with Crippen LogP contribution in [0.2, 0.25) is 0 Å². The Labute approximate surface area is 80.5 Å². The molecule has 2 heterocycles. The van der Waals surface area contributed by atoms with Crippen molar-refractivity contribution in [1.82, 2.24) is 20.4 Å². The highest BCUT2D eigenvalue weighted by Gasteiger charge is 2.02. The maximum absolute atomic E-state index is 5.55. The number of nitrogens with zero attached hydrogens (tertiary/aromatic N) is 3. The van der Waals surface area contributed by atoms with Crippen molar-refractivity contribution in [3.05, 3.63) is 30.1 Å². The fourth-order valence-electron chi connectivity index (χ4n) is 1.08. The summed E-state index contributed by atoms with van der Waals surface area (Å²) in [6.07, 6.45) is 3.27. The molecule has 0 aliphatic heterocycles. The minimum atomic E-state index is 0.423. The second-order valence-electron chi connectivity index (χ2n) is 2.70. The van der Waals surface area contributed by atoms with Crippen LogP contribution in [0.25, 0.3) is 0 Å². The zero-order chi connectivity index (χ0) is 9.80. The van der Waals surface area contributed by atoms with Crippen LogP contribution in [0, 0.1) is 0 Å². The van der Waals surface area contributed by atoms with Crippen molar-refractivity contribution in [2.75, 3.05) is 5.32 Å². The first kappa shape index (κ1) is 8.64. The fourth-order valence-corrected chi connectivity index (χ4v) is 1.08.